The second-order valence-corrected chi connectivity index (χ2v) is 11.8. The normalized spacial score (nSPS) is 21.7. The van der Waals surface area contributed by atoms with Crippen molar-refractivity contribution in [2.24, 2.45) is 5.73 Å². The lowest BCUT2D eigenvalue weighted by Gasteiger charge is -2.56. The van der Waals surface area contributed by atoms with Crippen LogP contribution in [0.1, 0.15) is 11.3 Å². The van der Waals surface area contributed by atoms with Crippen LogP contribution in [0.2, 0.25) is 0 Å². The number of carboxylic acids is 1. The number of primary amides is 1. The lowest BCUT2D eigenvalue weighted by Crippen LogP contribution is -2.80. The van der Waals surface area contributed by atoms with E-state index in [0.717, 1.165) is 9.78 Å². The molecule has 38 heavy (non-hydrogen) atoms. The Kier molecular flexibility index (Phi) is 9.07. The molecule has 13 nitrogen and oxygen atoms in total. The molecule has 2 aliphatic heterocycles. The Hall–Kier alpha value is -3.14. The highest BCUT2D eigenvalue weighted by Gasteiger charge is 2.66. The van der Waals surface area contributed by atoms with Crippen LogP contribution in [0.5, 0.6) is 0 Å². The zero-order chi connectivity index (χ0) is 28.3. The first-order valence-corrected chi connectivity index (χ1v) is 13.4. The van der Waals surface area contributed by atoms with Crippen molar-refractivity contribution in [2.75, 3.05) is 47.2 Å². The largest absolute Gasteiger partial charge is 0.550 e. The standard InChI is InChI=1S/C23H30N4O9S2/c1-27(2,3)10-14(8-17(29)30)36-19(31)18-13(11-35-22(24)33)12-38-21-23(34-4,20(32)26(18)21)25-16(28)9-15-6-5-7-37-15/h5-7,14,21H,8-12H2,1-4H3,(H3-,24,25,28,29,30,33)/t14?,21-,23+/m1/s1. The number of carboxylic acid groups (broad SMARTS) is 1. The van der Waals surface area contributed by atoms with Crippen LogP contribution >= 0.6 is 23.1 Å². The highest BCUT2D eigenvalue weighted by Crippen LogP contribution is 2.47. The van der Waals surface area contributed by atoms with Crippen LogP contribution in [-0.4, -0.2) is 104 Å². The number of thioether (sulfide) groups is 1. The lowest BCUT2D eigenvalue weighted by atomic mass is 9.98. The molecule has 1 aromatic heterocycles. The Morgan fingerprint density at radius 2 is 2.03 bits per heavy atom. The Morgan fingerprint density at radius 3 is 2.58 bits per heavy atom. The monoisotopic (exact) mass is 570 g/mol. The van der Waals surface area contributed by atoms with E-state index >= 15 is 0 Å². The molecule has 0 saturated carbocycles. The smallest absolute Gasteiger partial charge is 0.404 e. The van der Waals surface area contributed by atoms with Crippen molar-refractivity contribution in [3.63, 3.8) is 0 Å². The van der Waals surface area contributed by atoms with Gasteiger partial charge in [-0.05, 0) is 11.4 Å². The predicted molar refractivity (Wildman–Crippen MR) is 134 cm³/mol. The van der Waals surface area contributed by atoms with Crippen LogP contribution in [0.4, 0.5) is 4.79 Å². The highest BCUT2D eigenvalue weighted by atomic mass is 32.2. The molecule has 208 valence electrons. The number of quaternary nitrogens is 1. The molecule has 0 aromatic carbocycles. The van der Waals surface area contributed by atoms with Gasteiger partial charge in [-0.15, -0.1) is 23.1 Å². The molecule has 0 bridgehead atoms. The summed E-state index contributed by atoms with van der Waals surface area (Å²) in [7, 11) is 6.64. The third-order valence-corrected chi connectivity index (χ3v) is 7.92. The van der Waals surface area contributed by atoms with E-state index in [-0.39, 0.29) is 34.5 Å². The van der Waals surface area contributed by atoms with E-state index in [2.05, 4.69) is 5.32 Å². The molecule has 1 saturated heterocycles. The first kappa shape index (κ1) is 29.4. The number of ether oxygens (including phenoxy) is 3. The van der Waals surface area contributed by atoms with Gasteiger partial charge in [-0.1, -0.05) is 6.07 Å². The summed E-state index contributed by atoms with van der Waals surface area (Å²) in [5, 5.41) is 14.9. The molecule has 15 heteroatoms. The van der Waals surface area contributed by atoms with E-state index in [9.17, 15) is 29.1 Å². The summed E-state index contributed by atoms with van der Waals surface area (Å²) in [5.41, 5.74) is 3.36. The van der Waals surface area contributed by atoms with Crippen LogP contribution < -0.4 is 16.2 Å². The quantitative estimate of drug-likeness (QED) is 0.134. The molecule has 0 radical (unpaired) electrons. The molecule has 1 fully saturated rings. The van der Waals surface area contributed by atoms with Crippen LogP contribution in [0.25, 0.3) is 0 Å². The number of carbonyl (C=O) groups is 5. The van der Waals surface area contributed by atoms with Crippen molar-refractivity contribution in [2.45, 2.75) is 30.0 Å². The number of nitrogens with two attached hydrogens (primary N) is 1. The van der Waals surface area contributed by atoms with Gasteiger partial charge in [0.25, 0.3) is 11.6 Å². The minimum Gasteiger partial charge on any atom is -0.550 e. The van der Waals surface area contributed by atoms with Gasteiger partial charge in [0.1, 0.15) is 24.2 Å². The number of likely N-dealkylation sites (N-methyl/N-ethyl adjacent to an activating group) is 1. The zero-order valence-electron chi connectivity index (χ0n) is 21.4. The molecule has 0 spiro atoms. The predicted octanol–water partition coefficient (Wildman–Crippen LogP) is -1.23. The highest BCUT2D eigenvalue weighted by molar-refractivity contribution is 8.00. The van der Waals surface area contributed by atoms with Gasteiger partial charge in [-0.2, -0.15) is 0 Å². The van der Waals surface area contributed by atoms with Crippen molar-refractivity contribution in [3.8, 4) is 0 Å². The maximum absolute atomic E-state index is 13.5. The summed E-state index contributed by atoms with van der Waals surface area (Å²) in [6.07, 6.45) is -2.68. The van der Waals surface area contributed by atoms with E-state index in [1.165, 1.54) is 30.2 Å². The Balaban J connectivity index is 1.89. The Labute approximate surface area is 227 Å². The fraction of sp³-hybridized carbons (Fsp3) is 0.522. The minimum atomic E-state index is -1.74. The minimum absolute atomic E-state index is 0.0336. The number of methoxy groups -OCH3 is 1. The number of nitrogens with zero attached hydrogens (tertiary/aromatic N) is 2. The number of carbonyl (C=O) groups excluding carboxylic acids is 5. The summed E-state index contributed by atoms with van der Waals surface area (Å²) >= 11 is 2.57. The van der Waals surface area contributed by atoms with Crippen LogP contribution in [0, 0.1) is 0 Å². The fourth-order valence-electron chi connectivity index (χ4n) is 4.17. The molecule has 3 atom stereocenters. The Bertz CT molecular complexity index is 1130. The van der Waals surface area contributed by atoms with Crippen LogP contribution in [0.15, 0.2) is 28.8 Å². The molecule has 3 rings (SSSR count). The average molecular weight is 571 g/mol. The van der Waals surface area contributed by atoms with Gasteiger partial charge in [-0.3, -0.25) is 14.5 Å². The molecular weight excluding hydrogens is 540 g/mol. The third kappa shape index (κ3) is 6.64. The number of aliphatic carboxylic acids is 1. The van der Waals surface area contributed by atoms with Crippen LogP contribution in [0.3, 0.4) is 0 Å². The molecule has 3 heterocycles. The Morgan fingerprint density at radius 1 is 1.32 bits per heavy atom. The lowest BCUT2D eigenvalue weighted by molar-refractivity contribution is -0.873. The van der Waals surface area contributed by atoms with Crippen molar-refractivity contribution < 1.29 is 47.8 Å². The van der Waals surface area contributed by atoms with Crippen molar-refractivity contribution in [1.82, 2.24) is 10.2 Å². The third-order valence-electron chi connectivity index (χ3n) is 5.67. The van der Waals surface area contributed by atoms with Gasteiger partial charge in [0.2, 0.25) is 5.91 Å². The summed E-state index contributed by atoms with van der Waals surface area (Å²) in [4.78, 5) is 64.0. The maximum atomic E-state index is 13.5. The molecule has 3 amide bonds. The van der Waals surface area contributed by atoms with E-state index < -0.39 is 60.1 Å². The number of β-lactam (4-membered cyclic amide) rings is 1. The number of hydrogen-bond donors (Lipinski definition) is 2. The first-order chi connectivity index (χ1) is 17.8. The first-order valence-electron chi connectivity index (χ1n) is 11.5. The maximum Gasteiger partial charge on any atom is 0.404 e. The molecule has 1 unspecified atom stereocenters. The van der Waals surface area contributed by atoms with Gasteiger partial charge >= 0.3 is 12.1 Å². The number of thiophene rings is 1. The topological polar surface area (TPSA) is 177 Å². The van der Waals surface area contributed by atoms with Crippen molar-refractivity contribution >= 4 is 52.9 Å². The SMILES string of the molecule is CO[C@@]1(NC(=O)Cc2cccs2)C(=O)N2C(C(=O)OC(CC(=O)[O-])C[N+](C)(C)C)=C(COC(N)=O)CS[C@@H]21. The molecule has 0 aliphatic carbocycles. The second kappa shape index (κ2) is 11.7. The fourth-order valence-corrected chi connectivity index (χ4v) is 6.29. The van der Waals surface area contributed by atoms with E-state index in [0.29, 0.717) is 0 Å². The zero-order valence-corrected chi connectivity index (χ0v) is 23.0. The van der Waals surface area contributed by atoms with Gasteiger partial charge in [0.05, 0.1) is 27.6 Å². The number of rotatable bonds is 12. The van der Waals surface area contributed by atoms with Gasteiger partial charge < -0.3 is 39.6 Å². The summed E-state index contributed by atoms with van der Waals surface area (Å²) in [5.74, 6) is -3.47. The van der Waals surface area contributed by atoms with Crippen molar-refractivity contribution in [3.05, 3.63) is 33.7 Å². The van der Waals surface area contributed by atoms with Crippen molar-refractivity contribution in [1.29, 1.82) is 0 Å². The van der Waals surface area contributed by atoms with E-state index in [1.54, 1.807) is 33.3 Å². The van der Waals surface area contributed by atoms with Gasteiger partial charge in [0, 0.05) is 35.7 Å². The summed E-state index contributed by atoms with van der Waals surface area (Å²) in [6.45, 7) is -0.249. The molecule has 3 N–H and O–H groups in total. The molecular formula is C23H30N4O9S2. The van der Waals surface area contributed by atoms with E-state index in [1.807, 2.05) is 5.38 Å². The summed E-state index contributed by atoms with van der Waals surface area (Å²) in [6, 6.07) is 3.59. The number of amides is 3. The van der Waals surface area contributed by atoms with E-state index in [4.69, 9.17) is 19.9 Å². The molecule has 2 aliphatic rings. The van der Waals surface area contributed by atoms with Gasteiger partial charge in [0.15, 0.2) is 6.10 Å². The number of esters is 1. The number of hydrogen-bond acceptors (Lipinski definition) is 11. The molecule has 1 aromatic rings. The number of fused-ring (bicyclic) bond motifs is 1. The van der Waals surface area contributed by atoms with Crippen LogP contribution in [-0.2, 0) is 39.8 Å². The summed E-state index contributed by atoms with van der Waals surface area (Å²) < 4.78 is 16.2. The van der Waals surface area contributed by atoms with Gasteiger partial charge in [-0.25, -0.2) is 9.59 Å². The number of nitrogens with one attached hydrogen (secondary N) is 1. The second-order valence-electron chi connectivity index (χ2n) is 9.72. The average Bonchev–Trinajstić information content (AvgIpc) is 3.31.